The van der Waals surface area contributed by atoms with E-state index in [2.05, 4.69) is 0 Å². The minimum atomic E-state index is -4.21. The molecule has 1 fully saturated rings. The Kier molecular flexibility index (Phi) is 4.88. The number of carbonyl (C=O) groups is 1. The maximum atomic E-state index is 13.5. The maximum absolute atomic E-state index is 13.5. The van der Waals surface area contributed by atoms with Gasteiger partial charge in [0.25, 0.3) is 15.0 Å². The zero-order valence-corrected chi connectivity index (χ0v) is 13.3. The Morgan fingerprint density at radius 3 is 2.76 bits per heavy atom. The minimum Gasteiger partial charge on any atom is -0.336 e. The molecule has 0 saturated carbocycles. The molecule has 116 valence electrons. The first kappa shape index (κ1) is 16.2. The molecule has 1 saturated heterocycles. The molecule has 0 aliphatic carbocycles. The van der Waals surface area contributed by atoms with Crippen LogP contribution in [0.15, 0.2) is 23.1 Å². The molecule has 7 heteroatoms. The van der Waals surface area contributed by atoms with Crippen molar-refractivity contribution >= 4 is 25.6 Å². The smallest absolute Gasteiger partial charge is 0.264 e. The molecule has 1 aliphatic heterocycles. The number of halogens is 2. The molecule has 0 aromatic heterocycles. The lowest BCUT2D eigenvalue weighted by Gasteiger charge is -2.35. The topological polar surface area (TPSA) is 54.5 Å². The van der Waals surface area contributed by atoms with E-state index in [-0.39, 0.29) is 17.5 Å². The van der Waals surface area contributed by atoms with Crippen molar-refractivity contribution in [3.8, 4) is 0 Å². The van der Waals surface area contributed by atoms with Crippen LogP contribution in [0.1, 0.15) is 43.0 Å². The number of hydrogen-bond acceptors (Lipinski definition) is 3. The van der Waals surface area contributed by atoms with Gasteiger partial charge in [0.05, 0.1) is 0 Å². The Hall–Kier alpha value is -1.14. The zero-order valence-electron chi connectivity index (χ0n) is 11.7. The fourth-order valence-electron chi connectivity index (χ4n) is 2.68. The van der Waals surface area contributed by atoms with Crippen LogP contribution in [-0.4, -0.2) is 31.8 Å². The third-order valence-corrected chi connectivity index (χ3v) is 5.14. The van der Waals surface area contributed by atoms with Gasteiger partial charge in [-0.1, -0.05) is 6.92 Å². The van der Waals surface area contributed by atoms with Gasteiger partial charge in [0.2, 0.25) is 0 Å². The third kappa shape index (κ3) is 3.55. The van der Waals surface area contributed by atoms with E-state index in [1.165, 1.54) is 6.07 Å². The molecule has 1 atom stereocenters. The molecule has 1 aromatic carbocycles. The van der Waals surface area contributed by atoms with Gasteiger partial charge in [-0.05, 0) is 43.9 Å². The van der Waals surface area contributed by atoms with Gasteiger partial charge in [-0.3, -0.25) is 4.79 Å². The molecule has 0 radical (unpaired) electrons. The van der Waals surface area contributed by atoms with E-state index in [0.29, 0.717) is 6.54 Å². The number of likely N-dealkylation sites (tertiary alicyclic amines) is 1. The summed E-state index contributed by atoms with van der Waals surface area (Å²) in [6.07, 6.45) is 3.77. The average Bonchev–Trinajstić information content (AvgIpc) is 2.45. The van der Waals surface area contributed by atoms with Crippen LogP contribution in [0.2, 0.25) is 0 Å². The Morgan fingerprint density at radius 1 is 1.43 bits per heavy atom. The Morgan fingerprint density at radius 2 is 2.14 bits per heavy atom. The van der Waals surface area contributed by atoms with Crippen molar-refractivity contribution in [3.63, 3.8) is 0 Å². The molecular formula is C14H17ClFNO3S. The summed E-state index contributed by atoms with van der Waals surface area (Å²) in [4.78, 5) is 13.6. The second-order valence-electron chi connectivity index (χ2n) is 5.14. The van der Waals surface area contributed by atoms with Crippen molar-refractivity contribution in [3.05, 3.63) is 29.6 Å². The Bertz CT molecular complexity index is 648. The summed E-state index contributed by atoms with van der Waals surface area (Å²) in [6.45, 7) is 2.65. The molecule has 0 bridgehead atoms. The molecule has 1 unspecified atom stereocenters. The van der Waals surface area contributed by atoms with E-state index >= 15 is 0 Å². The van der Waals surface area contributed by atoms with Crippen LogP contribution in [-0.2, 0) is 9.05 Å². The molecule has 1 aromatic rings. The van der Waals surface area contributed by atoms with Crippen LogP contribution in [0.5, 0.6) is 0 Å². The van der Waals surface area contributed by atoms with E-state index in [1.54, 1.807) is 4.90 Å². The summed E-state index contributed by atoms with van der Waals surface area (Å²) < 4.78 is 36.2. The van der Waals surface area contributed by atoms with Gasteiger partial charge >= 0.3 is 0 Å². The van der Waals surface area contributed by atoms with Gasteiger partial charge in [-0.2, -0.15) is 0 Å². The summed E-state index contributed by atoms with van der Waals surface area (Å²) >= 11 is 0. The van der Waals surface area contributed by atoms with E-state index in [1.807, 2.05) is 6.92 Å². The summed E-state index contributed by atoms with van der Waals surface area (Å²) in [5.74, 6) is -1.23. The monoisotopic (exact) mass is 333 g/mol. The average molecular weight is 334 g/mol. The highest BCUT2D eigenvalue weighted by Crippen LogP contribution is 2.25. The number of amides is 1. The maximum Gasteiger partial charge on any atom is 0.264 e. The van der Waals surface area contributed by atoms with Crippen molar-refractivity contribution in [2.45, 2.75) is 43.5 Å². The summed E-state index contributed by atoms with van der Waals surface area (Å²) in [6, 6.07) is 3.42. The minimum absolute atomic E-state index is 0.146. The number of nitrogens with zero attached hydrogens (tertiary/aromatic N) is 1. The predicted molar refractivity (Wildman–Crippen MR) is 78.4 cm³/mol. The third-order valence-electron chi connectivity index (χ3n) is 3.80. The number of rotatable bonds is 3. The van der Waals surface area contributed by atoms with Crippen LogP contribution in [0.25, 0.3) is 0 Å². The second kappa shape index (κ2) is 6.32. The first-order valence-corrected chi connectivity index (χ1v) is 9.20. The van der Waals surface area contributed by atoms with Gasteiger partial charge in [-0.25, -0.2) is 12.8 Å². The van der Waals surface area contributed by atoms with Crippen LogP contribution in [0.4, 0.5) is 4.39 Å². The number of benzene rings is 1. The first-order chi connectivity index (χ1) is 9.84. The lowest BCUT2D eigenvalue weighted by Crippen LogP contribution is -2.43. The fraction of sp³-hybridized carbons (Fsp3) is 0.500. The van der Waals surface area contributed by atoms with E-state index in [0.717, 1.165) is 37.8 Å². The molecule has 2 rings (SSSR count). The highest BCUT2D eigenvalue weighted by molar-refractivity contribution is 8.13. The van der Waals surface area contributed by atoms with Gasteiger partial charge in [-0.15, -0.1) is 0 Å². The summed E-state index contributed by atoms with van der Waals surface area (Å²) in [5.41, 5.74) is 0.149. The van der Waals surface area contributed by atoms with Crippen LogP contribution in [0, 0.1) is 5.82 Å². The van der Waals surface area contributed by atoms with Crippen molar-refractivity contribution in [2.75, 3.05) is 6.54 Å². The highest BCUT2D eigenvalue weighted by Gasteiger charge is 2.27. The molecular weight excluding hydrogens is 317 g/mol. The van der Waals surface area contributed by atoms with Gasteiger partial charge in [0.15, 0.2) is 0 Å². The normalized spacial score (nSPS) is 19.6. The van der Waals surface area contributed by atoms with Crippen LogP contribution >= 0.6 is 10.7 Å². The van der Waals surface area contributed by atoms with E-state index < -0.39 is 19.8 Å². The molecule has 21 heavy (non-hydrogen) atoms. The van der Waals surface area contributed by atoms with Crippen molar-refractivity contribution < 1.29 is 17.6 Å². The molecule has 1 heterocycles. The number of piperidine rings is 1. The van der Waals surface area contributed by atoms with Crippen molar-refractivity contribution in [1.82, 2.24) is 4.90 Å². The predicted octanol–water partition coefficient (Wildman–Crippen LogP) is 3.16. The van der Waals surface area contributed by atoms with E-state index in [4.69, 9.17) is 10.7 Å². The molecule has 4 nitrogen and oxygen atoms in total. The van der Waals surface area contributed by atoms with Gasteiger partial charge < -0.3 is 4.90 Å². The van der Waals surface area contributed by atoms with Crippen LogP contribution in [0.3, 0.4) is 0 Å². The zero-order chi connectivity index (χ0) is 15.6. The number of hydrogen-bond donors (Lipinski definition) is 0. The molecule has 1 amide bonds. The first-order valence-electron chi connectivity index (χ1n) is 6.89. The highest BCUT2D eigenvalue weighted by atomic mass is 35.7. The SMILES string of the molecule is CCC1CCCCN1C(=O)c1ccc(F)c(S(=O)(=O)Cl)c1. The van der Waals surface area contributed by atoms with Gasteiger partial charge in [0.1, 0.15) is 10.7 Å². The number of carbonyl (C=O) groups excluding carboxylic acids is 1. The largest absolute Gasteiger partial charge is 0.336 e. The van der Waals surface area contributed by atoms with Crippen molar-refractivity contribution in [2.24, 2.45) is 0 Å². The Balaban J connectivity index is 2.35. The standard InChI is InChI=1S/C14H17ClFNO3S/c1-2-11-5-3-4-8-17(11)14(18)10-6-7-12(16)13(9-10)21(15,19)20/h6-7,9,11H,2-5,8H2,1H3. The summed E-state index contributed by atoms with van der Waals surface area (Å²) in [7, 11) is 0.977. The second-order valence-corrected chi connectivity index (χ2v) is 7.67. The lowest BCUT2D eigenvalue weighted by molar-refractivity contribution is 0.0607. The Labute approximate surface area is 128 Å². The van der Waals surface area contributed by atoms with Gasteiger partial charge in [0, 0.05) is 28.8 Å². The molecule has 0 spiro atoms. The lowest BCUT2D eigenvalue weighted by atomic mass is 9.99. The fourth-order valence-corrected chi connectivity index (χ4v) is 3.60. The quantitative estimate of drug-likeness (QED) is 0.798. The summed E-state index contributed by atoms with van der Waals surface area (Å²) in [5, 5.41) is 0. The van der Waals surface area contributed by atoms with Crippen LogP contribution < -0.4 is 0 Å². The van der Waals surface area contributed by atoms with E-state index in [9.17, 15) is 17.6 Å². The van der Waals surface area contributed by atoms with Crippen molar-refractivity contribution in [1.29, 1.82) is 0 Å². The molecule has 1 aliphatic rings. The molecule has 0 N–H and O–H groups in total.